The van der Waals surface area contributed by atoms with Gasteiger partial charge in [-0.1, -0.05) is 37.1 Å². The molecule has 1 heteroatoms. The lowest BCUT2D eigenvalue weighted by Crippen LogP contribution is -2.09. The first-order chi connectivity index (χ1) is 8.31. The van der Waals surface area contributed by atoms with Crippen LogP contribution in [0.5, 0.6) is 0 Å². The third-order valence-electron chi connectivity index (χ3n) is 3.56. The molecule has 0 aliphatic heterocycles. The zero-order valence-corrected chi connectivity index (χ0v) is 11.1. The molecule has 0 spiro atoms. The van der Waals surface area contributed by atoms with E-state index in [2.05, 4.69) is 43.4 Å². The Morgan fingerprint density at radius 2 is 1.88 bits per heavy atom. The van der Waals surface area contributed by atoms with E-state index in [4.69, 9.17) is 0 Å². The number of hydrogen-bond donors (Lipinski definition) is 1. The summed E-state index contributed by atoms with van der Waals surface area (Å²) in [5.41, 5.74) is 5.76. The number of nitrogens with one attached hydrogen (secondary N) is 1. The summed E-state index contributed by atoms with van der Waals surface area (Å²) >= 11 is 0. The second-order valence-corrected chi connectivity index (χ2v) is 4.98. The number of anilines is 1. The zero-order valence-electron chi connectivity index (χ0n) is 11.1. The van der Waals surface area contributed by atoms with E-state index < -0.39 is 0 Å². The van der Waals surface area contributed by atoms with Crippen LogP contribution in [0.4, 0.5) is 5.69 Å². The average Bonchev–Trinajstić information content (AvgIpc) is 2.35. The van der Waals surface area contributed by atoms with Gasteiger partial charge in [0.2, 0.25) is 0 Å². The van der Waals surface area contributed by atoms with Gasteiger partial charge in [-0.15, -0.1) is 0 Å². The molecular formula is C16H23N. The van der Waals surface area contributed by atoms with E-state index in [-0.39, 0.29) is 0 Å². The topological polar surface area (TPSA) is 12.0 Å². The van der Waals surface area contributed by atoms with Crippen molar-refractivity contribution >= 4 is 5.69 Å². The highest BCUT2D eigenvalue weighted by atomic mass is 14.9. The van der Waals surface area contributed by atoms with Crippen molar-refractivity contribution in [2.24, 2.45) is 0 Å². The Balaban J connectivity index is 2.18. The maximum atomic E-state index is 3.66. The van der Waals surface area contributed by atoms with Crippen LogP contribution in [-0.4, -0.2) is 0 Å². The molecule has 2 rings (SSSR count). The minimum atomic E-state index is 1.23. The molecule has 1 aromatic carbocycles. The summed E-state index contributed by atoms with van der Waals surface area (Å²) in [4.78, 5) is 0. The fourth-order valence-electron chi connectivity index (χ4n) is 2.57. The molecule has 0 radical (unpaired) electrons. The molecule has 1 aromatic rings. The molecule has 92 valence electrons. The quantitative estimate of drug-likeness (QED) is 0.763. The molecule has 1 aliphatic rings. The van der Waals surface area contributed by atoms with E-state index >= 15 is 0 Å². The van der Waals surface area contributed by atoms with Crippen molar-refractivity contribution in [1.29, 1.82) is 0 Å². The number of aryl methyl sites for hydroxylation is 1. The Bertz CT molecular complexity index is 404. The maximum absolute atomic E-state index is 3.66. The van der Waals surface area contributed by atoms with E-state index in [1.807, 2.05) is 0 Å². The Morgan fingerprint density at radius 3 is 2.65 bits per heavy atom. The van der Waals surface area contributed by atoms with E-state index in [9.17, 15) is 0 Å². The first-order valence-electron chi connectivity index (χ1n) is 6.85. The van der Waals surface area contributed by atoms with Crippen LogP contribution in [0.1, 0.15) is 51.0 Å². The van der Waals surface area contributed by atoms with Crippen LogP contribution < -0.4 is 5.32 Å². The summed E-state index contributed by atoms with van der Waals surface area (Å²) in [6, 6.07) is 8.56. The van der Waals surface area contributed by atoms with Gasteiger partial charge >= 0.3 is 0 Å². The number of para-hydroxylation sites is 1. The highest BCUT2D eigenvalue weighted by Crippen LogP contribution is 2.29. The smallest absolute Gasteiger partial charge is 0.0411 e. The van der Waals surface area contributed by atoms with Gasteiger partial charge in [0.05, 0.1) is 0 Å². The third-order valence-corrected chi connectivity index (χ3v) is 3.56. The molecule has 1 nitrogen and oxygen atoms in total. The van der Waals surface area contributed by atoms with Crippen molar-refractivity contribution in [2.75, 3.05) is 5.32 Å². The first kappa shape index (κ1) is 12.2. The van der Waals surface area contributed by atoms with Crippen LogP contribution >= 0.6 is 0 Å². The summed E-state index contributed by atoms with van der Waals surface area (Å²) in [6.45, 7) is 4.44. The van der Waals surface area contributed by atoms with Gasteiger partial charge in [-0.05, 0) is 50.7 Å². The number of hydrogen-bond acceptors (Lipinski definition) is 1. The lowest BCUT2D eigenvalue weighted by Gasteiger charge is -2.22. The van der Waals surface area contributed by atoms with E-state index in [0.29, 0.717) is 0 Å². The molecule has 0 aromatic heterocycles. The fraction of sp³-hybridized carbons (Fsp3) is 0.500. The summed E-state index contributed by atoms with van der Waals surface area (Å²) in [5, 5.41) is 3.66. The summed E-state index contributed by atoms with van der Waals surface area (Å²) in [6.07, 6.45) is 7.74. The standard InChI is InChI=1S/C16H23N/c1-3-8-14-10-5-7-12-16(14)17-15-11-6-4-9-13(15)2/h4,6,9,11,17H,3,5,7-8,10,12H2,1-2H3. The number of benzene rings is 1. The average molecular weight is 229 g/mol. The van der Waals surface area contributed by atoms with Gasteiger partial charge < -0.3 is 5.32 Å². The molecule has 0 atom stereocenters. The van der Waals surface area contributed by atoms with Gasteiger partial charge in [0, 0.05) is 11.4 Å². The van der Waals surface area contributed by atoms with Crippen molar-refractivity contribution in [3.8, 4) is 0 Å². The van der Waals surface area contributed by atoms with Crippen LogP contribution in [0.2, 0.25) is 0 Å². The Morgan fingerprint density at radius 1 is 1.12 bits per heavy atom. The van der Waals surface area contributed by atoms with Crippen LogP contribution in [0, 0.1) is 6.92 Å². The van der Waals surface area contributed by atoms with Gasteiger partial charge in [-0.3, -0.25) is 0 Å². The van der Waals surface area contributed by atoms with Crippen molar-refractivity contribution in [3.63, 3.8) is 0 Å². The van der Waals surface area contributed by atoms with Gasteiger partial charge in [-0.2, -0.15) is 0 Å². The Hall–Kier alpha value is -1.24. The monoisotopic (exact) mass is 229 g/mol. The van der Waals surface area contributed by atoms with Crippen molar-refractivity contribution in [1.82, 2.24) is 0 Å². The second kappa shape index (κ2) is 5.90. The van der Waals surface area contributed by atoms with Crippen LogP contribution in [0.25, 0.3) is 0 Å². The largest absolute Gasteiger partial charge is 0.359 e. The Labute approximate surface area is 105 Å². The predicted molar refractivity (Wildman–Crippen MR) is 75.2 cm³/mol. The fourth-order valence-corrected chi connectivity index (χ4v) is 2.57. The second-order valence-electron chi connectivity index (χ2n) is 4.98. The zero-order chi connectivity index (χ0) is 12.1. The summed E-state index contributed by atoms with van der Waals surface area (Å²) < 4.78 is 0. The van der Waals surface area contributed by atoms with Gasteiger partial charge in [-0.25, -0.2) is 0 Å². The molecule has 0 saturated heterocycles. The van der Waals surface area contributed by atoms with Gasteiger partial charge in [0.25, 0.3) is 0 Å². The Kier molecular flexibility index (Phi) is 4.24. The third kappa shape index (κ3) is 3.12. The minimum absolute atomic E-state index is 1.23. The van der Waals surface area contributed by atoms with E-state index in [0.717, 1.165) is 0 Å². The molecule has 0 bridgehead atoms. The lowest BCUT2D eigenvalue weighted by molar-refractivity contribution is 0.645. The molecular weight excluding hydrogens is 206 g/mol. The maximum Gasteiger partial charge on any atom is 0.0411 e. The molecule has 0 amide bonds. The van der Waals surface area contributed by atoms with Crippen LogP contribution in [-0.2, 0) is 0 Å². The van der Waals surface area contributed by atoms with Gasteiger partial charge in [0.15, 0.2) is 0 Å². The first-order valence-corrected chi connectivity index (χ1v) is 6.85. The van der Waals surface area contributed by atoms with Crippen molar-refractivity contribution < 1.29 is 0 Å². The summed E-state index contributed by atoms with van der Waals surface area (Å²) in [7, 11) is 0. The molecule has 0 fully saturated rings. The van der Waals surface area contributed by atoms with Crippen molar-refractivity contribution in [2.45, 2.75) is 52.4 Å². The highest BCUT2D eigenvalue weighted by Gasteiger charge is 2.12. The number of allylic oxidation sites excluding steroid dienone is 2. The molecule has 17 heavy (non-hydrogen) atoms. The molecule has 0 heterocycles. The van der Waals surface area contributed by atoms with Crippen LogP contribution in [0.15, 0.2) is 35.5 Å². The normalized spacial score (nSPS) is 16.1. The minimum Gasteiger partial charge on any atom is -0.359 e. The predicted octanol–water partition coefficient (Wildman–Crippen LogP) is 5.04. The van der Waals surface area contributed by atoms with E-state index in [1.165, 1.54) is 55.5 Å². The highest BCUT2D eigenvalue weighted by molar-refractivity contribution is 5.55. The lowest BCUT2D eigenvalue weighted by atomic mass is 9.93. The summed E-state index contributed by atoms with van der Waals surface area (Å²) in [5.74, 6) is 0. The van der Waals surface area contributed by atoms with E-state index in [1.54, 1.807) is 5.57 Å². The van der Waals surface area contributed by atoms with Gasteiger partial charge in [0.1, 0.15) is 0 Å². The van der Waals surface area contributed by atoms with Crippen LogP contribution in [0.3, 0.4) is 0 Å². The molecule has 1 aliphatic carbocycles. The molecule has 0 saturated carbocycles. The molecule has 1 N–H and O–H groups in total. The SMILES string of the molecule is CCCC1=C(Nc2ccccc2C)CCCC1. The number of rotatable bonds is 4. The van der Waals surface area contributed by atoms with Crippen molar-refractivity contribution in [3.05, 3.63) is 41.1 Å². The molecule has 0 unspecified atom stereocenters.